The molecule has 1 fully saturated rings. The Morgan fingerprint density at radius 1 is 1.23 bits per heavy atom. The molecule has 1 aliphatic carbocycles. The number of rotatable bonds is 2. The maximum atomic E-state index is 13.5. The van der Waals surface area contributed by atoms with Crippen LogP contribution in [0.4, 0.5) is 9.18 Å². The summed E-state index contributed by atoms with van der Waals surface area (Å²) >= 11 is 1.69. The SMILES string of the molecule is O=C(NC1CCSc2ccc(F)cc21)NC1CCCCC1O. The van der Waals surface area contributed by atoms with Gasteiger partial charge in [-0.2, -0.15) is 0 Å². The first kappa shape index (κ1) is 15.6. The lowest BCUT2D eigenvalue weighted by Crippen LogP contribution is -2.49. The Kier molecular flexibility index (Phi) is 4.88. The van der Waals surface area contributed by atoms with E-state index in [2.05, 4.69) is 10.6 Å². The highest BCUT2D eigenvalue weighted by atomic mass is 32.2. The molecule has 4 nitrogen and oxygen atoms in total. The van der Waals surface area contributed by atoms with Crippen molar-refractivity contribution in [3.63, 3.8) is 0 Å². The number of benzene rings is 1. The highest BCUT2D eigenvalue weighted by Gasteiger charge is 2.27. The number of hydrogen-bond acceptors (Lipinski definition) is 3. The molecule has 1 aliphatic heterocycles. The van der Waals surface area contributed by atoms with Gasteiger partial charge in [0.15, 0.2) is 0 Å². The molecule has 0 saturated heterocycles. The summed E-state index contributed by atoms with van der Waals surface area (Å²) in [5.74, 6) is 0.617. The second-order valence-corrected chi connectivity index (χ2v) is 7.08. The van der Waals surface area contributed by atoms with Crippen LogP contribution in [0.3, 0.4) is 0 Å². The van der Waals surface area contributed by atoms with Gasteiger partial charge in [-0.1, -0.05) is 12.8 Å². The molecule has 1 aromatic carbocycles. The summed E-state index contributed by atoms with van der Waals surface area (Å²) in [6.45, 7) is 0. The Bertz CT molecular complexity index is 555. The predicted molar refractivity (Wildman–Crippen MR) is 84.4 cm³/mol. The van der Waals surface area contributed by atoms with Crippen LogP contribution in [-0.4, -0.2) is 29.0 Å². The molecule has 120 valence electrons. The van der Waals surface area contributed by atoms with E-state index < -0.39 is 6.10 Å². The molecule has 2 amide bonds. The van der Waals surface area contributed by atoms with E-state index in [0.29, 0.717) is 0 Å². The van der Waals surface area contributed by atoms with Crippen molar-refractivity contribution in [3.8, 4) is 0 Å². The van der Waals surface area contributed by atoms with Gasteiger partial charge in [0.1, 0.15) is 5.82 Å². The number of carbonyl (C=O) groups is 1. The van der Waals surface area contributed by atoms with Crippen LogP contribution in [0, 0.1) is 5.82 Å². The lowest BCUT2D eigenvalue weighted by atomic mass is 9.93. The second-order valence-electron chi connectivity index (χ2n) is 5.95. The Morgan fingerprint density at radius 3 is 2.86 bits per heavy atom. The van der Waals surface area contributed by atoms with E-state index in [4.69, 9.17) is 0 Å². The van der Waals surface area contributed by atoms with E-state index in [1.165, 1.54) is 12.1 Å². The number of nitrogens with one attached hydrogen (secondary N) is 2. The third-order valence-electron chi connectivity index (χ3n) is 4.36. The number of aliphatic hydroxyl groups is 1. The summed E-state index contributed by atoms with van der Waals surface area (Å²) in [6, 6.07) is 4.09. The monoisotopic (exact) mass is 324 g/mol. The lowest BCUT2D eigenvalue weighted by molar-refractivity contribution is 0.0940. The van der Waals surface area contributed by atoms with E-state index >= 15 is 0 Å². The van der Waals surface area contributed by atoms with Gasteiger partial charge in [-0.05, 0) is 43.0 Å². The molecule has 3 atom stereocenters. The van der Waals surface area contributed by atoms with Crippen molar-refractivity contribution in [2.75, 3.05) is 5.75 Å². The van der Waals surface area contributed by atoms with Crippen molar-refractivity contribution >= 4 is 17.8 Å². The van der Waals surface area contributed by atoms with Crippen LogP contribution in [0.5, 0.6) is 0 Å². The first-order chi connectivity index (χ1) is 10.6. The Labute approximate surface area is 133 Å². The zero-order valence-electron chi connectivity index (χ0n) is 12.3. The molecule has 0 radical (unpaired) electrons. The Balaban J connectivity index is 1.64. The molecule has 6 heteroatoms. The molecule has 3 rings (SSSR count). The highest BCUT2D eigenvalue weighted by molar-refractivity contribution is 7.99. The molecular formula is C16H21FN2O2S. The van der Waals surface area contributed by atoms with E-state index in [1.54, 1.807) is 17.8 Å². The predicted octanol–water partition coefficient (Wildman–Crippen LogP) is 2.97. The quantitative estimate of drug-likeness (QED) is 0.784. The van der Waals surface area contributed by atoms with Crippen molar-refractivity contribution in [1.29, 1.82) is 0 Å². The van der Waals surface area contributed by atoms with Crippen LogP contribution in [0.2, 0.25) is 0 Å². The number of aliphatic hydroxyl groups excluding tert-OH is 1. The smallest absolute Gasteiger partial charge is 0.315 e. The summed E-state index contributed by atoms with van der Waals surface area (Å²) < 4.78 is 13.5. The number of hydrogen-bond donors (Lipinski definition) is 3. The van der Waals surface area contributed by atoms with Gasteiger partial charge in [-0.3, -0.25) is 0 Å². The first-order valence-electron chi connectivity index (χ1n) is 7.81. The molecular weight excluding hydrogens is 303 g/mol. The highest BCUT2D eigenvalue weighted by Crippen LogP contribution is 2.36. The minimum absolute atomic E-state index is 0.173. The summed E-state index contributed by atoms with van der Waals surface area (Å²) in [5.41, 5.74) is 0.843. The largest absolute Gasteiger partial charge is 0.391 e. The number of carbonyl (C=O) groups excluding carboxylic acids is 1. The Hall–Kier alpha value is -1.27. The number of halogens is 1. The molecule has 1 heterocycles. The number of amides is 2. The van der Waals surface area contributed by atoms with Gasteiger partial charge in [0.25, 0.3) is 0 Å². The molecule has 0 aromatic heterocycles. The van der Waals surface area contributed by atoms with Crippen molar-refractivity contribution in [2.24, 2.45) is 0 Å². The third-order valence-corrected chi connectivity index (χ3v) is 5.49. The molecule has 0 bridgehead atoms. The number of urea groups is 1. The summed E-state index contributed by atoms with van der Waals surface area (Å²) in [4.78, 5) is 13.2. The van der Waals surface area contributed by atoms with Gasteiger partial charge < -0.3 is 15.7 Å². The Morgan fingerprint density at radius 2 is 2.05 bits per heavy atom. The van der Waals surface area contributed by atoms with Gasteiger partial charge in [0.05, 0.1) is 18.2 Å². The maximum absolute atomic E-state index is 13.5. The average molecular weight is 324 g/mol. The molecule has 22 heavy (non-hydrogen) atoms. The minimum Gasteiger partial charge on any atom is -0.391 e. The van der Waals surface area contributed by atoms with E-state index in [0.717, 1.165) is 48.3 Å². The normalized spacial score (nSPS) is 27.8. The van der Waals surface area contributed by atoms with Crippen LogP contribution in [0.25, 0.3) is 0 Å². The lowest BCUT2D eigenvalue weighted by Gasteiger charge is -2.30. The molecule has 0 spiro atoms. The molecule has 3 unspecified atom stereocenters. The van der Waals surface area contributed by atoms with E-state index in [1.807, 2.05) is 0 Å². The van der Waals surface area contributed by atoms with Crippen molar-refractivity contribution in [2.45, 2.75) is 55.2 Å². The fraction of sp³-hybridized carbons (Fsp3) is 0.562. The third kappa shape index (κ3) is 3.55. The van der Waals surface area contributed by atoms with Gasteiger partial charge >= 0.3 is 6.03 Å². The van der Waals surface area contributed by atoms with Crippen LogP contribution in [0.15, 0.2) is 23.1 Å². The number of fused-ring (bicyclic) bond motifs is 1. The standard InChI is InChI=1S/C16H21FN2O2S/c17-10-5-6-15-11(9-10)12(7-8-22-15)18-16(21)19-13-3-1-2-4-14(13)20/h5-6,9,12-14,20H,1-4,7-8H2,(H2,18,19,21). The second kappa shape index (κ2) is 6.87. The van der Waals surface area contributed by atoms with Crippen LogP contribution < -0.4 is 10.6 Å². The van der Waals surface area contributed by atoms with Gasteiger partial charge in [-0.15, -0.1) is 11.8 Å². The number of thioether (sulfide) groups is 1. The zero-order valence-corrected chi connectivity index (χ0v) is 13.2. The van der Waals surface area contributed by atoms with Gasteiger partial charge in [0, 0.05) is 10.6 Å². The maximum Gasteiger partial charge on any atom is 0.315 e. The zero-order chi connectivity index (χ0) is 15.5. The molecule has 3 N–H and O–H groups in total. The van der Waals surface area contributed by atoms with Gasteiger partial charge in [-0.25, -0.2) is 9.18 Å². The summed E-state index contributed by atoms with van der Waals surface area (Å²) in [6.07, 6.45) is 3.89. The van der Waals surface area contributed by atoms with Crippen molar-refractivity contribution in [1.82, 2.24) is 10.6 Å². The average Bonchev–Trinajstić information content (AvgIpc) is 2.50. The van der Waals surface area contributed by atoms with Gasteiger partial charge in [0.2, 0.25) is 0 Å². The first-order valence-corrected chi connectivity index (χ1v) is 8.79. The molecule has 2 aliphatic rings. The van der Waals surface area contributed by atoms with Crippen molar-refractivity contribution < 1.29 is 14.3 Å². The van der Waals surface area contributed by atoms with Crippen molar-refractivity contribution in [3.05, 3.63) is 29.6 Å². The fourth-order valence-electron chi connectivity index (χ4n) is 3.16. The summed E-state index contributed by atoms with van der Waals surface area (Å²) in [5, 5.41) is 15.7. The van der Waals surface area contributed by atoms with Crippen LogP contribution >= 0.6 is 11.8 Å². The van der Waals surface area contributed by atoms with E-state index in [-0.39, 0.29) is 23.9 Å². The fourth-order valence-corrected chi connectivity index (χ4v) is 4.27. The van der Waals surface area contributed by atoms with E-state index in [9.17, 15) is 14.3 Å². The topological polar surface area (TPSA) is 61.4 Å². The molecule has 1 aromatic rings. The summed E-state index contributed by atoms with van der Waals surface area (Å²) in [7, 11) is 0. The van der Waals surface area contributed by atoms with Crippen LogP contribution in [-0.2, 0) is 0 Å². The van der Waals surface area contributed by atoms with Crippen LogP contribution in [0.1, 0.15) is 43.7 Å². The molecule has 1 saturated carbocycles. The minimum atomic E-state index is -0.467.